The Morgan fingerprint density at radius 3 is 2.67 bits per heavy atom. The Morgan fingerprint density at radius 1 is 1.24 bits per heavy atom. The lowest BCUT2D eigenvalue weighted by Crippen LogP contribution is -1.98. The maximum Gasteiger partial charge on any atom is 0.202 e. The van der Waals surface area contributed by atoms with Gasteiger partial charge in [0.15, 0.2) is 0 Å². The summed E-state index contributed by atoms with van der Waals surface area (Å²) in [4.78, 5) is 0. The number of benzene rings is 1. The summed E-state index contributed by atoms with van der Waals surface area (Å²) in [7, 11) is 3.40. The van der Waals surface area contributed by atoms with Crippen LogP contribution in [0.2, 0.25) is 5.22 Å². The number of nitrogen functional groups attached to an aromatic ring is 1. The van der Waals surface area contributed by atoms with Crippen LogP contribution in [0.1, 0.15) is 0 Å². The number of methoxy groups -OCH3 is 1. The first-order valence-corrected chi connectivity index (χ1v) is 6.70. The van der Waals surface area contributed by atoms with E-state index in [9.17, 15) is 0 Å². The lowest BCUT2D eigenvalue weighted by atomic mass is 10.0. The summed E-state index contributed by atoms with van der Waals surface area (Å²) in [5.74, 6) is 1.25. The molecule has 108 valence electrons. The largest absolute Gasteiger partial charge is 0.496 e. The van der Waals surface area contributed by atoms with Gasteiger partial charge >= 0.3 is 0 Å². The smallest absolute Gasteiger partial charge is 0.202 e. The molecule has 0 aliphatic carbocycles. The molecule has 21 heavy (non-hydrogen) atoms. The average Bonchev–Trinajstić information content (AvgIpc) is 3.03. The van der Waals surface area contributed by atoms with Gasteiger partial charge in [-0.2, -0.15) is 5.10 Å². The van der Waals surface area contributed by atoms with Crippen molar-refractivity contribution in [3.63, 3.8) is 0 Å². The number of furan rings is 1. The molecule has 0 atom stereocenters. The number of rotatable bonds is 3. The molecule has 0 unspecified atom stereocenters. The first-order valence-electron chi connectivity index (χ1n) is 6.32. The molecular formula is C15H14ClN3O2. The molecule has 3 rings (SSSR count). The van der Waals surface area contributed by atoms with Gasteiger partial charge in [-0.25, -0.2) is 0 Å². The number of anilines is 1. The molecule has 2 N–H and O–H groups in total. The van der Waals surface area contributed by atoms with Gasteiger partial charge in [-0.3, -0.25) is 4.68 Å². The Labute approximate surface area is 126 Å². The first-order chi connectivity index (χ1) is 10.1. The second kappa shape index (κ2) is 5.18. The van der Waals surface area contributed by atoms with Crippen molar-refractivity contribution >= 4 is 17.4 Å². The van der Waals surface area contributed by atoms with E-state index in [4.69, 9.17) is 26.5 Å². The normalized spacial score (nSPS) is 10.8. The fourth-order valence-corrected chi connectivity index (χ4v) is 2.51. The van der Waals surface area contributed by atoms with Crippen LogP contribution in [-0.2, 0) is 7.05 Å². The molecule has 0 radical (unpaired) electrons. The fraction of sp³-hybridized carbons (Fsp3) is 0.133. The number of hydrogen-bond acceptors (Lipinski definition) is 4. The van der Waals surface area contributed by atoms with Crippen molar-refractivity contribution in [3.8, 4) is 28.1 Å². The predicted molar refractivity (Wildman–Crippen MR) is 82.3 cm³/mol. The van der Waals surface area contributed by atoms with Crippen LogP contribution in [0.3, 0.4) is 0 Å². The standard InChI is InChI=1S/C15H14ClN3O2/c1-19-15(17)12(9-5-3-4-6-11(9)20-2)13(18-19)10-7-8-21-14(10)16/h3-8H,17H2,1-2H3. The molecule has 2 aromatic heterocycles. The number of nitrogens with two attached hydrogens (primary N) is 1. The highest BCUT2D eigenvalue weighted by Crippen LogP contribution is 2.42. The van der Waals surface area contributed by atoms with Crippen molar-refractivity contribution in [2.75, 3.05) is 12.8 Å². The SMILES string of the molecule is COc1ccccc1-c1c(-c2ccoc2Cl)nn(C)c1N. The second-order valence-corrected chi connectivity index (χ2v) is 4.88. The van der Waals surface area contributed by atoms with E-state index < -0.39 is 0 Å². The Balaban J connectivity index is 2.30. The predicted octanol–water partition coefficient (Wildman–Crippen LogP) is 3.59. The minimum Gasteiger partial charge on any atom is -0.496 e. The van der Waals surface area contributed by atoms with E-state index in [1.165, 1.54) is 6.26 Å². The molecule has 0 saturated heterocycles. The highest BCUT2D eigenvalue weighted by atomic mass is 35.5. The molecule has 0 bridgehead atoms. The molecule has 0 saturated carbocycles. The Kier molecular flexibility index (Phi) is 3.35. The third-order valence-corrected chi connectivity index (χ3v) is 3.63. The zero-order chi connectivity index (χ0) is 15.0. The summed E-state index contributed by atoms with van der Waals surface area (Å²) in [5, 5.41) is 4.74. The second-order valence-electron chi connectivity index (χ2n) is 4.54. The van der Waals surface area contributed by atoms with Gasteiger partial charge in [0.05, 0.1) is 24.5 Å². The van der Waals surface area contributed by atoms with E-state index in [1.54, 1.807) is 24.9 Å². The minimum atomic E-state index is 0.282. The zero-order valence-corrected chi connectivity index (χ0v) is 12.4. The van der Waals surface area contributed by atoms with Crippen LogP contribution in [0, 0.1) is 0 Å². The van der Waals surface area contributed by atoms with E-state index in [0.29, 0.717) is 17.1 Å². The number of para-hydroxylation sites is 1. The number of ether oxygens (including phenoxy) is 1. The number of aromatic nitrogens is 2. The van der Waals surface area contributed by atoms with Gasteiger partial charge in [0.1, 0.15) is 17.3 Å². The Morgan fingerprint density at radius 2 is 2.00 bits per heavy atom. The molecule has 5 nitrogen and oxygen atoms in total. The van der Waals surface area contributed by atoms with Crippen LogP contribution in [0.5, 0.6) is 5.75 Å². The molecule has 1 aromatic carbocycles. The van der Waals surface area contributed by atoms with E-state index in [1.807, 2.05) is 24.3 Å². The molecule has 3 aromatic rings. The van der Waals surface area contributed by atoms with Crippen LogP contribution in [0.25, 0.3) is 22.4 Å². The van der Waals surface area contributed by atoms with Crippen LogP contribution < -0.4 is 10.5 Å². The van der Waals surface area contributed by atoms with Crippen LogP contribution in [0.15, 0.2) is 41.0 Å². The third kappa shape index (κ3) is 2.15. The summed E-state index contributed by atoms with van der Waals surface area (Å²) < 4.78 is 12.2. The number of hydrogen-bond donors (Lipinski definition) is 1. The van der Waals surface area contributed by atoms with E-state index >= 15 is 0 Å². The molecule has 0 spiro atoms. The van der Waals surface area contributed by atoms with Gasteiger partial charge in [0, 0.05) is 12.6 Å². The molecule has 2 heterocycles. The van der Waals surface area contributed by atoms with Gasteiger partial charge in [0.2, 0.25) is 5.22 Å². The summed E-state index contributed by atoms with van der Waals surface area (Å²) in [5.41, 5.74) is 9.19. The topological polar surface area (TPSA) is 66.2 Å². The average molecular weight is 304 g/mol. The third-order valence-electron chi connectivity index (χ3n) is 3.34. The molecule has 0 aliphatic heterocycles. The summed E-state index contributed by atoms with van der Waals surface area (Å²) in [6.07, 6.45) is 1.52. The number of aryl methyl sites for hydroxylation is 1. The van der Waals surface area contributed by atoms with Crippen molar-refractivity contribution < 1.29 is 9.15 Å². The summed E-state index contributed by atoms with van der Waals surface area (Å²) >= 11 is 6.08. The summed E-state index contributed by atoms with van der Waals surface area (Å²) in [6, 6.07) is 9.40. The first kappa shape index (κ1) is 13.6. The van der Waals surface area contributed by atoms with Crippen molar-refractivity contribution in [2.24, 2.45) is 7.05 Å². The van der Waals surface area contributed by atoms with Crippen molar-refractivity contribution in [1.82, 2.24) is 9.78 Å². The van der Waals surface area contributed by atoms with Gasteiger partial charge in [-0.15, -0.1) is 0 Å². The molecule has 0 amide bonds. The van der Waals surface area contributed by atoms with Gasteiger partial charge < -0.3 is 14.9 Å². The highest BCUT2D eigenvalue weighted by molar-refractivity contribution is 6.31. The quantitative estimate of drug-likeness (QED) is 0.803. The van der Waals surface area contributed by atoms with E-state index in [0.717, 1.165) is 16.9 Å². The number of nitrogens with zero attached hydrogens (tertiary/aromatic N) is 2. The van der Waals surface area contributed by atoms with Gasteiger partial charge in [0.25, 0.3) is 0 Å². The van der Waals surface area contributed by atoms with Crippen LogP contribution in [-0.4, -0.2) is 16.9 Å². The molecule has 0 fully saturated rings. The van der Waals surface area contributed by atoms with Crippen LogP contribution in [0.4, 0.5) is 5.82 Å². The lowest BCUT2D eigenvalue weighted by molar-refractivity contribution is 0.416. The van der Waals surface area contributed by atoms with Crippen molar-refractivity contribution in [3.05, 3.63) is 41.8 Å². The van der Waals surface area contributed by atoms with Crippen LogP contribution >= 0.6 is 11.6 Å². The highest BCUT2D eigenvalue weighted by Gasteiger charge is 2.22. The lowest BCUT2D eigenvalue weighted by Gasteiger charge is -2.09. The molecule has 6 heteroatoms. The Bertz CT molecular complexity index is 792. The van der Waals surface area contributed by atoms with Gasteiger partial charge in [-0.05, 0) is 23.7 Å². The fourth-order valence-electron chi connectivity index (χ4n) is 2.31. The maximum atomic E-state index is 6.19. The summed E-state index contributed by atoms with van der Waals surface area (Å²) in [6.45, 7) is 0. The van der Waals surface area contributed by atoms with E-state index in [2.05, 4.69) is 5.10 Å². The minimum absolute atomic E-state index is 0.282. The van der Waals surface area contributed by atoms with Crippen molar-refractivity contribution in [1.29, 1.82) is 0 Å². The zero-order valence-electron chi connectivity index (χ0n) is 11.6. The van der Waals surface area contributed by atoms with E-state index in [-0.39, 0.29) is 5.22 Å². The maximum absolute atomic E-state index is 6.19. The number of halogens is 1. The Hall–Kier alpha value is -2.40. The molecule has 0 aliphatic rings. The van der Waals surface area contributed by atoms with Crippen molar-refractivity contribution in [2.45, 2.75) is 0 Å². The molecular weight excluding hydrogens is 290 g/mol. The monoisotopic (exact) mass is 303 g/mol. The van der Waals surface area contributed by atoms with Gasteiger partial charge in [-0.1, -0.05) is 18.2 Å².